The van der Waals surface area contributed by atoms with E-state index in [0.29, 0.717) is 5.75 Å². The van der Waals surface area contributed by atoms with Crippen LogP contribution in [0.15, 0.2) is 28.7 Å². The SMILES string of the molecule is O=C(O)CC(NC(=O)COc1cccc(Br)c1)C(=O)O. The molecule has 0 aromatic heterocycles. The van der Waals surface area contributed by atoms with Gasteiger partial charge < -0.3 is 20.3 Å². The Hall–Kier alpha value is -2.09. The van der Waals surface area contributed by atoms with Crippen LogP contribution < -0.4 is 10.1 Å². The molecule has 0 radical (unpaired) electrons. The molecule has 3 N–H and O–H groups in total. The van der Waals surface area contributed by atoms with E-state index in [0.717, 1.165) is 4.47 Å². The van der Waals surface area contributed by atoms with Crippen LogP contribution in [-0.4, -0.2) is 40.7 Å². The number of ether oxygens (including phenoxy) is 1. The van der Waals surface area contributed by atoms with E-state index in [1.165, 1.54) is 0 Å². The Morgan fingerprint density at radius 1 is 1.30 bits per heavy atom. The lowest BCUT2D eigenvalue weighted by molar-refractivity contribution is -0.147. The van der Waals surface area contributed by atoms with Gasteiger partial charge in [0.2, 0.25) is 0 Å². The maximum atomic E-state index is 11.5. The summed E-state index contributed by atoms with van der Waals surface area (Å²) < 4.78 is 5.92. The van der Waals surface area contributed by atoms with Crippen molar-refractivity contribution in [3.8, 4) is 5.75 Å². The molecule has 0 aliphatic carbocycles. The van der Waals surface area contributed by atoms with Gasteiger partial charge in [-0.25, -0.2) is 4.79 Å². The number of halogens is 1. The van der Waals surface area contributed by atoms with Gasteiger partial charge >= 0.3 is 11.9 Å². The first-order valence-corrected chi connectivity index (χ1v) is 6.30. The average molecular weight is 346 g/mol. The van der Waals surface area contributed by atoms with Crippen LogP contribution in [0, 0.1) is 0 Å². The second-order valence-corrected chi connectivity index (χ2v) is 4.72. The summed E-state index contributed by atoms with van der Waals surface area (Å²) in [7, 11) is 0. The molecule has 108 valence electrons. The Morgan fingerprint density at radius 3 is 2.55 bits per heavy atom. The van der Waals surface area contributed by atoms with E-state index in [-0.39, 0.29) is 0 Å². The van der Waals surface area contributed by atoms with E-state index in [1.54, 1.807) is 24.3 Å². The molecule has 1 atom stereocenters. The zero-order valence-electron chi connectivity index (χ0n) is 10.2. The van der Waals surface area contributed by atoms with Crippen LogP contribution in [0.5, 0.6) is 5.75 Å². The van der Waals surface area contributed by atoms with Crippen molar-refractivity contribution in [2.24, 2.45) is 0 Å². The van der Waals surface area contributed by atoms with Gasteiger partial charge in [0.05, 0.1) is 6.42 Å². The van der Waals surface area contributed by atoms with Crippen LogP contribution >= 0.6 is 15.9 Å². The molecule has 0 heterocycles. The van der Waals surface area contributed by atoms with Gasteiger partial charge in [-0.1, -0.05) is 22.0 Å². The van der Waals surface area contributed by atoms with Crippen molar-refractivity contribution in [3.05, 3.63) is 28.7 Å². The van der Waals surface area contributed by atoms with Gasteiger partial charge in [0.15, 0.2) is 6.61 Å². The second-order valence-electron chi connectivity index (χ2n) is 3.80. The molecular formula is C12H12BrNO6. The highest BCUT2D eigenvalue weighted by atomic mass is 79.9. The van der Waals surface area contributed by atoms with E-state index in [4.69, 9.17) is 14.9 Å². The molecule has 0 spiro atoms. The van der Waals surface area contributed by atoms with E-state index in [1.807, 2.05) is 0 Å². The summed E-state index contributed by atoms with van der Waals surface area (Å²) >= 11 is 3.23. The maximum absolute atomic E-state index is 11.5. The molecule has 0 saturated carbocycles. The van der Waals surface area contributed by atoms with E-state index >= 15 is 0 Å². The smallest absolute Gasteiger partial charge is 0.326 e. The van der Waals surface area contributed by atoms with Crippen molar-refractivity contribution in [1.82, 2.24) is 5.32 Å². The van der Waals surface area contributed by atoms with Gasteiger partial charge in [-0.15, -0.1) is 0 Å². The summed E-state index contributed by atoms with van der Waals surface area (Å²) in [4.78, 5) is 32.7. The Bertz CT molecular complexity index is 518. The standard InChI is InChI=1S/C12H12BrNO6/c13-7-2-1-3-8(4-7)20-6-10(15)14-9(12(18)19)5-11(16)17/h1-4,9H,5-6H2,(H,14,15)(H,16,17)(H,18,19). The molecule has 0 fully saturated rings. The predicted molar refractivity (Wildman–Crippen MR) is 71.5 cm³/mol. The first kappa shape index (κ1) is 16.0. The van der Waals surface area contributed by atoms with E-state index in [2.05, 4.69) is 21.2 Å². The molecule has 0 bridgehead atoms. The van der Waals surface area contributed by atoms with Crippen molar-refractivity contribution in [1.29, 1.82) is 0 Å². The summed E-state index contributed by atoms with van der Waals surface area (Å²) in [5, 5.41) is 19.4. The number of hydrogen-bond acceptors (Lipinski definition) is 4. The predicted octanol–water partition coefficient (Wildman–Crippen LogP) is 0.872. The van der Waals surface area contributed by atoms with Gasteiger partial charge in [-0.3, -0.25) is 9.59 Å². The Morgan fingerprint density at radius 2 is 2.00 bits per heavy atom. The fourth-order valence-electron chi connectivity index (χ4n) is 1.32. The van der Waals surface area contributed by atoms with Gasteiger partial charge in [-0.05, 0) is 18.2 Å². The monoisotopic (exact) mass is 345 g/mol. The van der Waals surface area contributed by atoms with Crippen LogP contribution in [0.4, 0.5) is 0 Å². The lowest BCUT2D eigenvalue weighted by Crippen LogP contribution is -2.44. The number of carboxylic acid groups (broad SMARTS) is 2. The third-order valence-electron chi connectivity index (χ3n) is 2.18. The first-order chi connectivity index (χ1) is 9.38. The van der Waals surface area contributed by atoms with E-state index in [9.17, 15) is 14.4 Å². The number of rotatable bonds is 7. The van der Waals surface area contributed by atoms with Crippen LogP contribution in [0.2, 0.25) is 0 Å². The Balaban J connectivity index is 2.49. The molecule has 1 amide bonds. The summed E-state index contributed by atoms with van der Waals surface area (Å²) in [5.74, 6) is -3.01. The fraction of sp³-hybridized carbons (Fsp3) is 0.250. The largest absolute Gasteiger partial charge is 0.484 e. The topological polar surface area (TPSA) is 113 Å². The quantitative estimate of drug-likeness (QED) is 0.675. The van der Waals surface area contributed by atoms with Gasteiger partial charge in [0.1, 0.15) is 11.8 Å². The minimum Gasteiger partial charge on any atom is -0.484 e. The highest BCUT2D eigenvalue weighted by Gasteiger charge is 2.23. The molecule has 0 saturated heterocycles. The Kier molecular flexibility index (Phi) is 5.98. The minimum absolute atomic E-state index is 0.403. The lowest BCUT2D eigenvalue weighted by atomic mass is 10.2. The zero-order valence-corrected chi connectivity index (χ0v) is 11.8. The Labute approximate surface area is 122 Å². The molecule has 8 heteroatoms. The van der Waals surface area contributed by atoms with Crippen LogP contribution in [0.3, 0.4) is 0 Å². The number of carbonyl (C=O) groups is 3. The minimum atomic E-state index is -1.48. The zero-order chi connectivity index (χ0) is 15.1. The number of carboxylic acids is 2. The molecule has 1 aromatic rings. The van der Waals surface area contributed by atoms with Crippen molar-refractivity contribution >= 4 is 33.8 Å². The summed E-state index contributed by atoms with van der Waals surface area (Å²) in [6.45, 7) is -0.403. The summed E-state index contributed by atoms with van der Waals surface area (Å²) in [6, 6.07) is 5.27. The highest BCUT2D eigenvalue weighted by molar-refractivity contribution is 9.10. The van der Waals surface area contributed by atoms with Crippen LogP contribution in [0.25, 0.3) is 0 Å². The number of amides is 1. The van der Waals surface area contributed by atoms with Crippen LogP contribution in [-0.2, 0) is 14.4 Å². The first-order valence-electron chi connectivity index (χ1n) is 5.51. The molecule has 0 aliphatic rings. The molecule has 7 nitrogen and oxygen atoms in total. The number of carbonyl (C=O) groups excluding carboxylic acids is 1. The van der Waals surface area contributed by atoms with Crippen LogP contribution in [0.1, 0.15) is 6.42 Å². The summed E-state index contributed by atoms with van der Waals surface area (Å²) in [6.07, 6.45) is -0.696. The lowest BCUT2D eigenvalue weighted by Gasteiger charge is -2.13. The number of hydrogen-bond donors (Lipinski definition) is 3. The van der Waals surface area contributed by atoms with Gasteiger partial charge in [0.25, 0.3) is 5.91 Å². The second kappa shape index (κ2) is 7.49. The van der Waals surface area contributed by atoms with Crippen molar-refractivity contribution in [2.75, 3.05) is 6.61 Å². The third-order valence-corrected chi connectivity index (χ3v) is 2.67. The number of nitrogens with one attached hydrogen (secondary N) is 1. The summed E-state index contributed by atoms with van der Waals surface area (Å²) in [5.41, 5.74) is 0. The molecule has 20 heavy (non-hydrogen) atoms. The van der Waals surface area contributed by atoms with Gasteiger partial charge in [0, 0.05) is 4.47 Å². The average Bonchev–Trinajstić information content (AvgIpc) is 2.35. The van der Waals surface area contributed by atoms with E-state index < -0.39 is 36.9 Å². The molecular weight excluding hydrogens is 334 g/mol. The highest BCUT2D eigenvalue weighted by Crippen LogP contribution is 2.17. The maximum Gasteiger partial charge on any atom is 0.326 e. The normalized spacial score (nSPS) is 11.4. The number of benzene rings is 1. The third kappa shape index (κ3) is 5.70. The van der Waals surface area contributed by atoms with Crippen molar-refractivity contribution in [3.63, 3.8) is 0 Å². The molecule has 0 aliphatic heterocycles. The molecule has 1 rings (SSSR count). The van der Waals surface area contributed by atoms with Crippen molar-refractivity contribution in [2.45, 2.75) is 12.5 Å². The fourth-order valence-corrected chi connectivity index (χ4v) is 1.69. The van der Waals surface area contributed by atoms with Gasteiger partial charge in [-0.2, -0.15) is 0 Å². The molecule has 1 aromatic carbocycles. The number of aliphatic carboxylic acids is 2. The van der Waals surface area contributed by atoms with Crippen molar-refractivity contribution < 1.29 is 29.3 Å². The molecule has 1 unspecified atom stereocenters.